The Morgan fingerprint density at radius 2 is 2.28 bits per heavy atom. The summed E-state index contributed by atoms with van der Waals surface area (Å²) < 4.78 is 11.1. The summed E-state index contributed by atoms with van der Waals surface area (Å²) in [6, 6.07) is 4.03. The van der Waals surface area contributed by atoms with E-state index in [-0.39, 0.29) is 11.6 Å². The van der Waals surface area contributed by atoms with E-state index in [0.29, 0.717) is 0 Å². The Morgan fingerprint density at radius 1 is 1.50 bits per heavy atom. The van der Waals surface area contributed by atoms with Crippen LogP contribution in [-0.2, 0) is 16.8 Å². The van der Waals surface area contributed by atoms with Gasteiger partial charge >= 0.3 is 0 Å². The van der Waals surface area contributed by atoms with Crippen molar-refractivity contribution < 1.29 is 14.3 Å². The van der Waals surface area contributed by atoms with Crippen molar-refractivity contribution in [1.29, 1.82) is 0 Å². The first kappa shape index (κ1) is 11.3. The summed E-state index contributed by atoms with van der Waals surface area (Å²) in [7, 11) is 1.63. The maximum absolute atomic E-state index is 10.5. The first-order chi connectivity index (χ1) is 8.68. The molecule has 1 atom stereocenters. The van der Waals surface area contributed by atoms with Crippen molar-refractivity contribution in [3.05, 3.63) is 23.3 Å². The molecule has 94 valence electrons. The first-order valence-electron chi connectivity index (χ1n) is 6.15. The minimum Gasteiger partial charge on any atom is -0.493 e. The summed E-state index contributed by atoms with van der Waals surface area (Å²) in [5.41, 5.74) is 1.83. The largest absolute Gasteiger partial charge is 0.493 e. The quantitative estimate of drug-likeness (QED) is 0.606. The van der Waals surface area contributed by atoms with E-state index in [0.717, 1.165) is 41.9 Å². The number of rotatable bonds is 3. The Labute approximate surface area is 106 Å². The van der Waals surface area contributed by atoms with E-state index < -0.39 is 0 Å². The number of aliphatic imine (C=N–C) groups is 1. The van der Waals surface area contributed by atoms with Crippen LogP contribution in [0.15, 0.2) is 17.1 Å². The van der Waals surface area contributed by atoms with Crippen LogP contribution in [0.25, 0.3) is 0 Å². The number of fused-ring (bicyclic) bond motifs is 1. The van der Waals surface area contributed by atoms with Crippen LogP contribution in [0.1, 0.15) is 30.9 Å². The van der Waals surface area contributed by atoms with Gasteiger partial charge in [0.15, 0.2) is 11.5 Å². The van der Waals surface area contributed by atoms with Crippen molar-refractivity contribution in [2.24, 2.45) is 4.99 Å². The topological polar surface area (TPSA) is 47.9 Å². The molecule has 3 rings (SSSR count). The average Bonchev–Trinajstić information content (AvgIpc) is 3.03. The Bertz CT molecular complexity index is 542. The van der Waals surface area contributed by atoms with Crippen molar-refractivity contribution in [1.82, 2.24) is 0 Å². The Kier molecular flexibility index (Phi) is 2.42. The molecule has 0 saturated heterocycles. The minimum absolute atomic E-state index is 0.175. The van der Waals surface area contributed by atoms with Gasteiger partial charge in [-0.1, -0.05) is 0 Å². The Balaban J connectivity index is 2.09. The van der Waals surface area contributed by atoms with Crippen LogP contribution in [0.2, 0.25) is 0 Å². The van der Waals surface area contributed by atoms with Crippen molar-refractivity contribution in [3.8, 4) is 11.5 Å². The molecule has 1 aliphatic heterocycles. The van der Waals surface area contributed by atoms with Gasteiger partial charge in [0.25, 0.3) is 0 Å². The van der Waals surface area contributed by atoms with Gasteiger partial charge in [-0.25, -0.2) is 4.79 Å². The highest BCUT2D eigenvalue weighted by Crippen LogP contribution is 2.52. The molecule has 1 fully saturated rings. The maximum atomic E-state index is 10.5. The number of ether oxygens (including phenoxy) is 2. The first-order valence-corrected chi connectivity index (χ1v) is 6.15. The molecule has 0 N–H and O–H groups in total. The van der Waals surface area contributed by atoms with Gasteiger partial charge in [-0.15, -0.1) is 0 Å². The lowest BCUT2D eigenvalue weighted by atomic mass is 10.00. The van der Waals surface area contributed by atoms with E-state index in [9.17, 15) is 4.79 Å². The highest BCUT2D eigenvalue weighted by molar-refractivity contribution is 5.55. The van der Waals surface area contributed by atoms with Crippen LogP contribution in [-0.4, -0.2) is 19.3 Å². The van der Waals surface area contributed by atoms with Gasteiger partial charge in [-0.2, -0.15) is 4.99 Å². The Morgan fingerprint density at radius 3 is 2.89 bits per heavy atom. The third-order valence-electron chi connectivity index (χ3n) is 3.70. The van der Waals surface area contributed by atoms with Crippen LogP contribution < -0.4 is 9.47 Å². The smallest absolute Gasteiger partial charge is 0.235 e. The third kappa shape index (κ3) is 1.61. The number of hydrogen-bond donors (Lipinski definition) is 0. The monoisotopic (exact) mass is 245 g/mol. The number of methoxy groups -OCH3 is 1. The third-order valence-corrected chi connectivity index (χ3v) is 3.70. The molecule has 0 bridgehead atoms. The minimum atomic E-state index is -0.351. The van der Waals surface area contributed by atoms with Gasteiger partial charge in [0.05, 0.1) is 12.6 Å². The molecule has 1 heterocycles. The predicted molar refractivity (Wildman–Crippen MR) is 65.8 cm³/mol. The summed E-state index contributed by atoms with van der Waals surface area (Å²) in [4.78, 5) is 14.5. The molecule has 1 unspecified atom stereocenters. The van der Waals surface area contributed by atoms with Crippen LogP contribution in [0.4, 0.5) is 0 Å². The highest BCUT2D eigenvalue weighted by Gasteiger charge is 2.46. The fourth-order valence-corrected chi connectivity index (χ4v) is 2.59. The van der Waals surface area contributed by atoms with E-state index >= 15 is 0 Å². The number of carbonyl (C=O) groups excluding carboxylic acids is 1. The summed E-state index contributed by atoms with van der Waals surface area (Å²) in [6.45, 7) is 2.04. The Hall–Kier alpha value is -1.80. The van der Waals surface area contributed by atoms with Crippen LogP contribution in [0.5, 0.6) is 11.5 Å². The summed E-state index contributed by atoms with van der Waals surface area (Å²) in [5.74, 6) is 1.57. The molecule has 0 aromatic heterocycles. The molecule has 1 saturated carbocycles. The predicted octanol–water partition coefficient (Wildman–Crippen LogP) is 2.34. The van der Waals surface area contributed by atoms with Gasteiger partial charge in [-0.05, 0) is 37.5 Å². The number of benzene rings is 1. The van der Waals surface area contributed by atoms with Gasteiger partial charge in [0, 0.05) is 12.0 Å². The number of nitrogens with zero attached hydrogens (tertiary/aromatic N) is 1. The maximum Gasteiger partial charge on any atom is 0.235 e. The lowest BCUT2D eigenvalue weighted by Crippen LogP contribution is -2.05. The number of isocyanates is 1. The van der Waals surface area contributed by atoms with Crippen molar-refractivity contribution >= 4 is 6.08 Å². The fraction of sp³-hybridized carbons (Fsp3) is 0.500. The summed E-state index contributed by atoms with van der Waals surface area (Å²) >= 11 is 0. The van der Waals surface area contributed by atoms with Gasteiger partial charge in [0.2, 0.25) is 6.08 Å². The summed E-state index contributed by atoms with van der Waals surface area (Å²) in [5, 5.41) is 0. The lowest BCUT2D eigenvalue weighted by molar-refractivity contribution is 0.243. The standard InChI is InChI=1S/C14H15NO3/c1-9-5-10-6-11(14(3-4-14)15-8-16)7-12(17-2)13(10)18-9/h6-7,9H,3-5H2,1-2H3. The van der Waals surface area contributed by atoms with Crippen molar-refractivity contribution in [2.75, 3.05) is 7.11 Å². The molecule has 4 nitrogen and oxygen atoms in total. The van der Waals surface area contributed by atoms with E-state index in [1.807, 2.05) is 13.0 Å². The molecular formula is C14H15NO3. The van der Waals surface area contributed by atoms with Crippen LogP contribution in [0.3, 0.4) is 0 Å². The SMILES string of the molecule is COc1cc(C2(N=C=O)CC2)cc2c1OC(C)C2. The van der Waals surface area contributed by atoms with Crippen molar-refractivity contribution in [2.45, 2.75) is 37.8 Å². The average molecular weight is 245 g/mol. The van der Waals surface area contributed by atoms with Gasteiger partial charge in [0.1, 0.15) is 6.10 Å². The molecule has 1 aliphatic carbocycles. The lowest BCUT2D eigenvalue weighted by Gasteiger charge is -2.13. The van der Waals surface area contributed by atoms with Crippen LogP contribution >= 0.6 is 0 Å². The second-order valence-electron chi connectivity index (χ2n) is 5.03. The van der Waals surface area contributed by atoms with Crippen LogP contribution in [0, 0.1) is 0 Å². The summed E-state index contributed by atoms with van der Waals surface area (Å²) in [6.07, 6.45) is 4.54. The molecule has 4 heteroatoms. The van der Waals surface area contributed by atoms with E-state index in [2.05, 4.69) is 11.1 Å². The zero-order valence-electron chi connectivity index (χ0n) is 10.5. The highest BCUT2D eigenvalue weighted by atomic mass is 16.5. The molecule has 1 aromatic rings. The molecule has 2 aliphatic rings. The van der Waals surface area contributed by atoms with Gasteiger partial charge < -0.3 is 9.47 Å². The zero-order chi connectivity index (χ0) is 12.8. The molecule has 0 spiro atoms. The molecule has 0 amide bonds. The van der Waals surface area contributed by atoms with Crippen molar-refractivity contribution in [3.63, 3.8) is 0 Å². The van der Waals surface area contributed by atoms with E-state index in [1.54, 1.807) is 13.2 Å². The van der Waals surface area contributed by atoms with E-state index in [1.165, 1.54) is 0 Å². The zero-order valence-corrected chi connectivity index (χ0v) is 10.5. The second kappa shape index (κ2) is 3.85. The van der Waals surface area contributed by atoms with Gasteiger partial charge in [-0.3, -0.25) is 0 Å². The van der Waals surface area contributed by atoms with E-state index in [4.69, 9.17) is 9.47 Å². The second-order valence-corrected chi connectivity index (χ2v) is 5.03. The molecule has 0 radical (unpaired) electrons. The molecule has 1 aromatic carbocycles. The fourth-order valence-electron chi connectivity index (χ4n) is 2.59. The number of hydrogen-bond acceptors (Lipinski definition) is 4. The molecular weight excluding hydrogens is 230 g/mol. The normalized spacial score (nSPS) is 22.7. The molecule has 18 heavy (non-hydrogen) atoms.